The van der Waals surface area contributed by atoms with Crippen LogP contribution in [0.5, 0.6) is 11.5 Å². The third-order valence-electron chi connectivity index (χ3n) is 6.89. The van der Waals surface area contributed by atoms with Gasteiger partial charge in [0.15, 0.2) is 6.61 Å². The predicted octanol–water partition coefficient (Wildman–Crippen LogP) is 5.82. The van der Waals surface area contributed by atoms with Gasteiger partial charge in [-0.2, -0.15) is 0 Å². The van der Waals surface area contributed by atoms with Gasteiger partial charge in [0, 0.05) is 24.0 Å². The molecule has 3 aromatic rings. The van der Waals surface area contributed by atoms with Crippen LogP contribution in [0.25, 0.3) is 0 Å². The van der Waals surface area contributed by atoms with Gasteiger partial charge >= 0.3 is 0 Å². The maximum Gasteiger partial charge on any atom is 0.261 e. The largest absolute Gasteiger partial charge is 0.497 e. The lowest BCUT2D eigenvalue weighted by atomic mass is 9.94. The minimum absolute atomic E-state index is 0.133. The van der Waals surface area contributed by atoms with Crippen molar-refractivity contribution < 1.29 is 19.1 Å². The number of carbonyl (C=O) groups is 2. The van der Waals surface area contributed by atoms with Crippen LogP contribution in [-0.4, -0.2) is 42.5 Å². The van der Waals surface area contributed by atoms with Crippen molar-refractivity contribution >= 4 is 23.4 Å². The number of hydrogen-bond acceptors (Lipinski definition) is 4. The maximum absolute atomic E-state index is 13.8. The molecule has 1 aliphatic rings. The molecule has 0 bridgehead atoms. The van der Waals surface area contributed by atoms with Crippen molar-refractivity contribution in [2.24, 2.45) is 0 Å². The van der Waals surface area contributed by atoms with Crippen molar-refractivity contribution in [2.75, 3.05) is 13.7 Å². The van der Waals surface area contributed by atoms with E-state index in [1.54, 1.807) is 42.3 Å². The number of halogens is 1. The molecule has 1 fully saturated rings. The summed E-state index contributed by atoms with van der Waals surface area (Å²) < 4.78 is 11.0. The lowest BCUT2D eigenvalue weighted by molar-refractivity contribution is -0.143. The van der Waals surface area contributed by atoms with E-state index in [1.165, 1.54) is 6.42 Å². The Morgan fingerprint density at radius 3 is 2.29 bits per heavy atom. The normalized spacial score (nSPS) is 14.4. The average Bonchev–Trinajstić information content (AvgIpc) is 2.95. The van der Waals surface area contributed by atoms with Crippen LogP contribution < -0.4 is 14.8 Å². The Kier molecular flexibility index (Phi) is 10.0. The van der Waals surface area contributed by atoms with Crippen molar-refractivity contribution in [2.45, 2.75) is 57.2 Å². The van der Waals surface area contributed by atoms with Crippen LogP contribution in [0.15, 0.2) is 78.9 Å². The lowest BCUT2D eigenvalue weighted by Gasteiger charge is -2.33. The summed E-state index contributed by atoms with van der Waals surface area (Å²) in [5, 5.41) is 3.82. The highest BCUT2D eigenvalue weighted by molar-refractivity contribution is 6.30. The van der Waals surface area contributed by atoms with E-state index in [2.05, 4.69) is 5.32 Å². The molecule has 1 N–H and O–H groups in total. The standard InChI is InChI=1S/C31H35ClN2O4/c1-37-27-15-17-28(18-16-27)38-22-30(35)34(21-24-11-8-12-25(32)19-24)29(20-23-9-4-2-5-10-23)31(36)33-26-13-6-3-7-14-26/h2,4-5,8-12,15-19,26,29H,3,6-7,13-14,20-22H2,1H3,(H,33,36)/t29-/m1/s1. The molecule has 0 spiro atoms. The minimum Gasteiger partial charge on any atom is -0.497 e. The molecule has 4 rings (SSSR count). The maximum atomic E-state index is 13.8. The fraction of sp³-hybridized carbons (Fsp3) is 0.355. The fourth-order valence-electron chi connectivity index (χ4n) is 4.83. The summed E-state index contributed by atoms with van der Waals surface area (Å²) in [6.07, 6.45) is 5.74. The molecule has 1 saturated carbocycles. The van der Waals surface area contributed by atoms with Crippen LogP contribution >= 0.6 is 11.6 Å². The van der Waals surface area contributed by atoms with Crippen molar-refractivity contribution in [1.82, 2.24) is 10.2 Å². The SMILES string of the molecule is COc1ccc(OCC(=O)N(Cc2cccc(Cl)c2)[C@H](Cc2ccccc2)C(=O)NC2CCCCC2)cc1. The smallest absolute Gasteiger partial charge is 0.261 e. The third kappa shape index (κ3) is 7.99. The van der Waals surface area contributed by atoms with E-state index in [1.807, 2.05) is 48.5 Å². The van der Waals surface area contributed by atoms with Crippen LogP contribution in [0.3, 0.4) is 0 Å². The molecule has 200 valence electrons. The average molecular weight is 535 g/mol. The van der Waals surface area contributed by atoms with E-state index in [4.69, 9.17) is 21.1 Å². The first-order chi connectivity index (χ1) is 18.5. The van der Waals surface area contributed by atoms with Gasteiger partial charge < -0.3 is 19.7 Å². The van der Waals surface area contributed by atoms with Gasteiger partial charge in [-0.3, -0.25) is 9.59 Å². The van der Waals surface area contributed by atoms with Gasteiger partial charge in [-0.15, -0.1) is 0 Å². The van der Waals surface area contributed by atoms with Crippen LogP contribution in [0.4, 0.5) is 0 Å². The van der Waals surface area contributed by atoms with Crippen molar-refractivity contribution in [3.63, 3.8) is 0 Å². The number of ether oxygens (including phenoxy) is 2. The van der Waals surface area contributed by atoms with Gasteiger partial charge in [0.25, 0.3) is 5.91 Å². The topological polar surface area (TPSA) is 67.9 Å². The number of hydrogen-bond donors (Lipinski definition) is 1. The summed E-state index contributed by atoms with van der Waals surface area (Å²) >= 11 is 6.26. The van der Waals surface area contributed by atoms with Crippen molar-refractivity contribution in [3.8, 4) is 11.5 Å². The Labute approximate surface area is 229 Å². The second kappa shape index (κ2) is 13.9. The number of nitrogens with zero attached hydrogens (tertiary/aromatic N) is 1. The lowest BCUT2D eigenvalue weighted by Crippen LogP contribution is -2.53. The van der Waals surface area contributed by atoms with E-state index in [9.17, 15) is 9.59 Å². The van der Waals surface area contributed by atoms with E-state index in [-0.39, 0.29) is 31.0 Å². The second-order valence-electron chi connectivity index (χ2n) is 9.66. The van der Waals surface area contributed by atoms with E-state index in [0.717, 1.165) is 36.8 Å². The zero-order chi connectivity index (χ0) is 26.7. The molecular formula is C31H35ClN2O4. The molecule has 6 nitrogen and oxygen atoms in total. The Bertz CT molecular complexity index is 1180. The van der Waals surface area contributed by atoms with Gasteiger partial charge in [0.1, 0.15) is 17.5 Å². The summed E-state index contributed by atoms with van der Waals surface area (Å²) in [6, 6.07) is 23.7. The first-order valence-electron chi connectivity index (χ1n) is 13.2. The molecule has 1 aliphatic carbocycles. The highest BCUT2D eigenvalue weighted by atomic mass is 35.5. The second-order valence-corrected chi connectivity index (χ2v) is 10.1. The number of carbonyl (C=O) groups excluding carboxylic acids is 2. The van der Waals surface area contributed by atoms with Crippen molar-refractivity contribution in [1.29, 1.82) is 0 Å². The zero-order valence-corrected chi connectivity index (χ0v) is 22.5. The van der Waals surface area contributed by atoms with Crippen LogP contribution in [0.2, 0.25) is 5.02 Å². The molecule has 0 heterocycles. The summed E-state index contributed by atoms with van der Waals surface area (Å²) in [7, 11) is 1.60. The first-order valence-corrected chi connectivity index (χ1v) is 13.5. The molecule has 0 radical (unpaired) electrons. The molecule has 0 aliphatic heterocycles. The molecule has 2 amide bonds. The van der Waals surface area contributed by atoms with Gasteiger partial charge in [-0.1, -0.05) is 73.3 Å². The molecular weight excluding hydrogens is 500 g/mol. The number of methoxy groups -OCH3 is 1. The molecule has 38 heavy (non-hydrogen) atoms. The highest BCUT2D eigenvalue weighted by Gasteiger charge is 2.32. The number of benzene rings is 3. The molecule has 0 unspecified atom stereocenters. The van der Waals surface area contributed by atoms with Gasteiger partial charge in [-0.25, -0.2) is 0 Å². The van der Waals surface area contributed by atoms with E-state index < -0.39 is 6.04 Å². The van der Waals surface area contributed by atoms with Gasteiger partial charge in [0.2, 0.25) is 5.91 Å². The molecule has 0 saturated heterocycles. The Morgan fingerprint density at radius 2 is 1.61 bits per heavy atom. The Morgan fingerprint density at radius 1 is 0.921 bits per heavy atom. The van der Waals surface area contributed by atoms with E-state index in [0.29, 0.717) is 22.9 Å². The van der Waals surface area contributed by atoms with Crippen molar-refractivity contribution in [3.05, 3.63) is 95.0 Å². The summed E-state index contributed by atoms with van der Waals surface area (Å²) in [5.74, 6) is 0.836. The summed E-state index contributed by atoms with van der Waals surface area (Å²) in [4.78, 5) is 29.1. The summed E-state index contributed by atoms with van der Waals surface area (Å²) in [6.45, 7) is 0.0375. The van der Waals surface area contributed by atoms with Crippen LogP contribution in [0, 0.1) is 0 Å². The third-order valence-corrected chi connectivity index (χ3v) is 7.12. The number of nitrogens with one attached hydrogen (secondary N) is 1. The monoisotopic (exact) mass is 534 g/mol. The zero-order valence-electron chi connectivity index (χ0n) is 21.8. The summed E-state index contributed by atoms with van der Waals surface area (Å²) in [5.41, 5.74) is 1.83. The quantitative estimate of drug-likeness (QED) is 0.337. The minimum atomic E-state index is -0.703. The number of amides is 2. The van der Waals surface area contributed by atoms with Gasteiger partial charge in [-0.05, 0) is 60.4 Å². The number of rotatable bonds is 11. The van der Waals surface area contributed by atoms with Gasteiger partial charge in [0.05, 0.1) is 7.11 Å². The molecule has 1 atom stereocenters. The molecule has 0 aromatic heterocycles. The fourth-order valence-corrected chi connectivity index (χ4v) is 5.04. The Balaban J connectivity index is 1.59. The van der Waals surface area contributed by atoms with Crippen LogP contribution in [0.1, 0.15) is 43.2 Å². The van der Waals surface area contributed by atoms with Crippen LogP contribution in [-0.2, 0) is 22.6 Å². The predicted molar refractivity (Wildman–Crippen MR) is 149 cm³/mol. The highest BCUT2D eigenvalue weighted by Crippen LogP contribution is 2.22. The van der Waals surface area contributed by atoms with E-state index >= 15 is 0 Å². The molecule has 7 heteroatoms. The first kappa shape index (κ1) is 27.5. The Hall–Kier alpha value is -3.51. The molecule has 3 aromatic carbocycles.